The number of amides is 1. The van der Waals surface area contributed by atoms with Crippen molar-refractivity contribution in [3.63, 3.8) is 0 Å². The molecule has 0 aliphatic carbocycles. The van der Waals surface area contributed by atoms with Crippen molar-refractivity contribution in [2.75, 3.05) is 13.7 Å². The SMILES string of the molecule is COC[C@H](NC(=O)Cc1ccccc1Cl)c1ccnn1C. The molecule has 5 nitrogen and oxygen atoms in total. The van der Waals surface area contributed by atoms with E-state index in [0.29, 0.717) is 11.6 Å². The van der Waals surface area contributed by atoms with Crippen LogP contribution in [-0.4, -0.2) is 29.4 Å². The van der Waals surface area contributed by atoms with Crippen LogP contribution in [0.4, 0.5) is 0 Å². The fourth-order valence-corrected chi connectivity index (χ4v) is 2.36. The van der Waals surface area contributed by atoms with E-state index in [1.54, 1.807) is 24.1 Å². The van der Waals surface area contributed by atoms with Gasteiger partial charge in [0.1, 0.15) is 0 Å². The quantitative estimate of drug-likeness (QED) is 0.889. The molecule has 1 aromatic heterocycles. The number of carbonyl (C=O) groups excluding carboxylic acids is 1. The Morgan fingerprint density at radius 3 is 2.81 bits per heavy atom. The fourth-order valence-electron chi connectivity index (χ4n) is 2.15. The third kappa shape index (κ3) is 4.06. The number of rotatable bonds is 6. The van der Waals surface area contributed by atoms with Crippen molar-refractivity contribution < 1.29 is 9.53 Å². The van der Waals surface area contributed by atoms with Crippen LogP contribution in [0.15, 0.2) is 36.5 Å². The lowest BCUT2D eigenvalue weighted by atomic mass is 10.1. The Hall–Kier alpha value is -1.85. The molecular weight excluding hydrogens is 290 g/mol. The van der Waals surface area contributed by atoms with Gasteiger partial charge in [0.2, 0.25) is 5.91 Å². The molecule has 0 aliphatic heterocycles. The molecule has 1 amide bonds. The summed E-state index contributed by atoms with van der Waals surface area (Å²) in [6.07, 6.45) is 1.93. The van der Waals surface area contributed by atoms with Gasteiger partial charge in [-0.15, -0.1) is 0 Å². The predicted octanol–water partition coefficient (Wildman–Crippen LogP) is 2.12. The first-order valence-corrected chi connectivity index (χ1v) is 6.99. The van der Waals surface area contributed by atoms with E-state index < -0.39 is 0 Å². The summed E-state index contributed by atoms with van der Waals surface area (Å²) in [4.78, 5) is 12.2. The highest BCUT2D eigenvalue weighted by Gasteiger charge is 2.18. The van der Waals surface area contributed by atoms with Gasteiger partial charge in [-0.05, 0) is 17.7 Å². The fraction of sp³-hybridized carbons (Fsp3) is 0.333. The van der Waals surface area contributed by atoms with E-state index >= 15 is 0 Å². The van der Waals surface area contributed by atoms with E-state index in [1.165, 1.54) is 0 Å². The van der Waals surface area contributed by atoms with Crippen LogP contribution in [0, 0.1) is 0 Å². The zero-order valence-corrected chi connectivity index (χ0v) is 12.8. The molecule has 0 aliphatic rings. The number of ether oxygens (including phenoxy) is 1. The van der Waals surface area contributed by atoms with Crippen molar-refractivity contribution in [2.45, 2.75) is 12.5 Å². The molecule has 0 bridgehead atoms. The lowest BCUT2D eigenvalue weighted by Gasteiger charge is -2.18. The maximum absolute atomic E-state index is 12.2. The summed E-state index contributed by atoms with van der Waals surface area (Å²) in [6, 6.07) is 8.95. The maximum atomic E-state index is 12.2. The van der Waals surface area contributed by atoms with E-state index in [4.69, 9.17) is 16.3 Å². The van der Waals surface area contributed by atoms with Gasteiger partial charge in [0.25, 0.3) is 0 Å². The Bertz CT molecular complexity index is 612. The third-order valence-corrected chi connectivity index (χ3v) is 3.56. The van der Waals surface area contributed by atoms with Gasteiger partial charge in [-0.3, -0.25) is 9.48 Å². The summed E-state index contributed by atoms with van der Waals surface area (Å²) in [5.41, 5.74) is 1.70. The van der Waals surface area contributed by atoms with Gasteiger partial charge in [0.15, 0.2) is 0 Å². The number of nitrogens with one attached hydrogen (secondary N) is 1. The number of benzene rings is 1. The van der Waals surface area contributed by atoms with Gasteiger partial charge in [0.05, 0.1) is 24.8 Å². The Balaban J connectivity index is 2.05. The molecule has 1 heterocycles. The van der Waals surface area contributed by atoms with Crippen molar-refractivity contribution in [3.8, 4) is 0 Å². The normalized spacial score (nSPS) is 12.1. The Morgan fingerprint density at radius 2 is 2.19 bits per heavy atom. The molecule has 1 aromatic carbocycles. The van der Waals surface area contributed by atoms with Gasteiger partial charge >= 0.3 is 0 Å². The number of nitrogens with zero attached hydrogens (tertiary/aromatic N) is 2. The first kappa shape index (κ1) is 15.5. The summed E-state index contributed by atoms with van der Waals surface area (Å²) < 4.78 is 6.90. The van der Waals surface area contributed by atoms with E-state index in [0.717, 1.165) is 11.3 Å². The molecule has 112 valence electrons. The number of halogens is 1. The lowest BCUT2D eigenvalue weighted by Crippen LogP contribution is -2.33. The zero-order valence-electron chi connectivity index (χ0n) is 12.0. The number of aryl methyl sites for hydroxylation is 1. The molecule has 21 heavy (non-hydrogen) atoms. The summed E-state index contributed by atoms with van der Waals surface area (Å²) in [5, 5.41) is 7.66. The Morgan fingerprint density at radius 1 is 1.43 bits per heavy atom. The van der Waals surface area contributed by atoms with Gasteiger partial charge in [-0.25, -0.2) is 0 Å². The van der Waals surface area contributed by atoms with Crippen molar-refractivity contribution in [1.82, 2.24) is 15.1 Å². The van der Waals surface area contributed by atoms with Crippen molar-refractivity contribution >= 4 is 17.5 Å². The van der Waals surface area contributed by atoms with Crippen LogP contribution in [0.2, 0.25) is 5.02 Å². The van der Waals surface area contributed by atoms with Gasteiger partial charge in [-0.2, -0.15) is 5.10 Å². The molecule has 2 aromatic rings. The van der Waals surface area contributed by atoms with Crippen LogP contribution in [0.1, 0.15) is 17.3 Å². The predicted molar refractivity (Wildman–Crippen MR) is 81.1 cm³/mol. The Kier molecular flexibility index (Phi) is 5.36. The maximum Gasteiger partial charge on any atom is 0.225 e. The first-order chi connectivity index (χ1) is 10.1. The second-order valence-electron chi connectivity index (χ2n) is 4.72. The van der Waals surface area contributed by atoms with Crippen LogP contribution in [0.5, 0.6) is 0 Å². The van der Waals surface area contributed by atoms with Gasteiger partial charge in [0, 0.05) is 25.4 Å². The third-order valence-electron chi connectivity index (χ3n) is 3.19. The second kappa shape index (κ2) is 7.24. The number of carbonyl (C=O) groups is 1. The Labute approximate surface area is 128 Å². The topological polar surface area (TPSA) is 56.1 Å². The summed E-state index contributed by atoms with van der Waals surface area (Å²) in [6.45, 7) is 0.383. The zero-order chi connectivity index (χ0) is 15.2. The van der Waals surface area contributed by atoms with Crippen LogP contribution >= 0.6 is 11.6 Å². The van der Waals surface area contributed by atoms with Crippen LogP contribution in [0.3, 0.4) is 0 Å². The highest BCUT2D eigenvalue weighted by Crippen LogP contribution is 2.17. The highest BCUT2D eigenvalue weighted by molar-refractivity contribution is 6.31. The van der Waals surface area contributed by atoms with Crippen LogP contribution in [-0.2, 0) is 23.0 Å². The molecule has 0 saturated heterocycles. The first-order valence-electron chi connectivity index (χ1n) is 6.61. The minimum absolute atomic E-state index is 0.105. The standard InChI is InChI=1S/C15H18ClN3O2/c1-19-14(7-8-17-19)13(10-21-2)18-15(20)9-11-5-3-4-6-12(11)16/h3-8,13H,9-10H2,1-2H3,(H,18,20)/t13-/m0/s1. The number of methoxy groups -OCH3 is 1. The highest BCUT2D eigenvalue weighted by atomic mass is 35.5. The number of hydrogen-bond acceptors (Lipinski definition) is 3. The largest absolute Gasteiger partial charge is 0.382 e. The van der Waals surface area contributed by atoms with E-state index in [-0.39, 0.29) is 18.4 Å². The minimum atomic E-state index is -0.238. The molecular formula is C15H18ClN3O2. The molecule has 1 N–H and O–H groups in total. The summed E-state index contributed by atoms with van der Waals surface area (Å²) in [7, 11) is 3.43. The average Bonchev–Trinajstić information content (AvgIpc) is 2.87. The van der Waals surface area contributed by atoms with Crippen molar-refractivity contribution in [3.05, 3.63) is 52.8 Å². The second-order valence-corrected chi connectivity index (χ2v) is 5.13. The van der Waals surface area contributed by atoms with Gasteiger partial charge < -0.3 is 10.1 Å². The van der Waals surface area contributed by atoms with E-state index in [1.807, 2.05) is 31.3 Å². The molecule has 0 spiro atoms. The minimum Gasteiger partial charge on any atom is -0.382 e. The molecule has 0 fully saturated rings. The number of hydrogen-bond donors (Lipinski definition) is 1. The number of aromatic nitrogens is 2. The summed E-state index contributed by atoms with van der Waals surface area (Å²) >= 11 is 6.07. The van der Waals surface area contributed by atoms with Crippen molar-refractivity contribution in [2.24, 2.45) is 7.05 Å². The van der Waals surface area contributed by atoms with Crippen molar-refractivity contribution in [1.29, 1.82) is 0 Å². The van der Waals surface area contributed by atoms with Crippen LogP contribution < -0.4 is 5.32 Å². The van der Waals surface area contributed by atoms with E-state index in [2.05, 4.69) is 10.4 Å². The van der Waals surface area contributed by atoms with E-state index in [9.17, 15) is 4.79 Å². The molecule has 2 rings (SSSR count). The monoisotopic (exact) mass is 307 g/mol. The molecule has 1 atom stereocenters. The van der Waals surface area contributed by atoms with Gasteiger partial charge in [-0.1, -0.05) is 29.8 Å². The summed E-state index contributed by atoms with van der Waals surface area (Å²) in [5.74, 6) is -0.105. The molecule has 0 unspecified atom stereocenters. The molecule has 0 radical (unpaired) electrons. The van der Waals surface area contributed by atoms with Crippen LogP contribution in [0.25, 0.3) is 0 Å². The smallest absolute Gasteiger partial charge is 0.225 e. The molecule has 0 saturated carbocycles. The lowest BCUT2D eigenvalue weighted by molar-refractivity contribution is -0.121. The average molecular weight is 308 g/mol. The molecule has 6 heteroatoms.